The number of hydrogen-bond donors (Lipinski definition) is 1. The zero-order valence-corrected chi connectivity index (χ0v) is 6.64. The summed E-state index contributed by atoms with van der Waals surface area (Å²) in [6.45, 7) is 0. The zero-order chi connectivity index (χ0) is 9.26. The van der Waals surface area contributed by atoms with Crippen molar-refractivity contribution in [2.45, 2.75) is 6.10 Å². The zero-order valence-electron chi connectivity index (χ0n) is 6.64. The maximum Gasteiger partial charge on any atom is 0.239 e. The summed E-state index contributed by atoms with van der Waals surface area (Å²) >= 11 is 0. The van der Waals surface area contributed by atoms with Crippen LogP contribution in [-0.2, 0) is 0 Å². The molecule has 1 heterocycles. The van der Waals surface area contributed by atoms with Gasteiger partial charge in [0.25, 0.3) is 0 Å². The maximum atomic E-state index is 9.11. The third-order valence-electron chi connectivity index (χ3n) is 1.67. The third kappa shape index (κ3) is 1.25. The third-order valence-corrected chi connectivity index (χ3v) is 1.67. The smallest absolute Gasteiger partial charge is 0.239 e. The molecule has 0 amide bonds. The molecule has 1 N–H and O–H groups in total. The van der Waals surface area contributed by atoms with E-state index in [4.69, 9.17) is 14.8 Å². The van der Waals surface area contributed by atoms with E-state index >= 15 is 0 Å². The van der Waals surface area contributed by atoms with Gasteiger partial charge in [-0.05, 0) is 12.1 Å². The largest absolute Gasteiger partial charge is 0.437 e. The van der Waals surface area contributed by atoms with Crippen molar-refractivity contribution < 1.29 is 9.52 Å². The van der Waals surface area contributed by atoms with Gasteiger partial charge in [-0.15, -0.1) is 0 Å². The lowest BCUT2D eigenvalue weighted by Gasteiger charge is -1.90. The summed E-state index contributed by atoms with van der Waals surface area (Å²) in [5.74, 6) is 0.0451. The fraction of sp³-hybridized carbons (Fsp3) is 0.111. The van der Waals surface area contributed by atoms with E-state index in [1.807, 2.05) is 6.07 Å². The van der Waals surface area contributed by atoms with Crippen LogP contribution in [0.25, 0.3) is 11.1 Å². The number of nitrogens with zero attached hydrogens (tertiary/aromatic N) is 2. The van der Waals surface area contributed by atoms with E-state index in [0.29, 0.717) is 11.1 Å². The summed E-state index contributed by atoms with van der Waals surface area (Å²) in [5.41, 5.74) is 1.22. The number of oxazole rings is 1. The lowest BCUT2D eigenvalue weighted by molar-refractivity contribution is 0.200. The molecule has 64 valence electrons. The number of aromatic nitrogens is 1. The van der Waals surface area contributed by atoms with Crippen molar-refractivity contribution in [2.24, 2.45) is 0 Å². The maximum absolute atomic E-state index is 9.11. The molecule has 1 unspecified atom stereocenters. The molecule has 0 aliphatic heterocycles. The molecular weight excluding hydrogens is 168 g/mol. The topological polar surface area (TPSA) is 70.0 Å². The van der Waals surface area contributed by atoms with Crippen molar-refractivity contribution in [3.05, 3.63) is 30.2 Å². The quantitative estimate of drug-likeness (QED) is 0.663. The first kappa shape index (κ1) is 7.77. The predicted octanol–water partition coefficient (Wildman–Crippen LogP) is 1.38. The first-order chi connectivity index (χ1) is 6.31. The molecule has 0 spiro atoms. The standard InChI is InChI=1S/C9H6N2O2/c10-5-7(12)9-11-6-3-1-2-4-8(6)13-9/h1-4,7,12H. The van der Waals surface area contributed by atoms with E-state index in [9.17, 15) is 0 Å². The molecule has 1 aromatic carbocycles. The molecule has 0 aliphatic carbocycles. The summed E-state index contributed by atoms with van der Waals surface area (Å²) in [7, 11) is 0. The fourth-order valence-electron chi connectivity index (χ4n) is 1.06. The minimum atomic E-state index is -1.28. The van der Waals surface area contributed by atoms with Crippen LogP contribution in [0.3, 0.4) is 0 Å². The van der Waals surface area contributed by atoms with Crippen molar-refractivity contribution in [3.8, 4) is 6.07 Å². The van der Waals surface area contributed by atoms with E-state index in [1.165, 1.54) is 0 Å². The van der Waals surface area contributed by atoms with E-state index < -0.39 is 6.10 Å². The van der Waals surface area contributed by atoms with E-state index in [1.54, 1.807) is 24.3 Å². The highest BCUT2D eigenvalue weighted by Crippen LogP contribution is 2.18. The van der Waals surface area contributed by atoms with Crippen LogP contribution in [0.2, 0.25) is 0 Å². The summed E-state index contributed by atoms with van der Waals surface area (Å²) in [6.07, 6.45) is -1.28. The monoisotopic (exact) mass is 174 g/mol. The molecule has 2 rings (SSSR count). The molecule has 0 saturated carbocycles. The van der Waals surface area contributed by atoms with Crippen LogP contribution in [0.1, 0.15) is 12.0 Å². The van der Waals surface area contributed by atoms with Crippen LogP contribution in [0.4, 0.5) is 0 Å². The molecule has 0 fully saturated rings. The molecule has 0 bridgehead atoms. The van der Waals surface area contributed by atoms with Gasteiger partial charge >= 0.3 is 0 Å². The molecule has 1 aromatic heterocycles. The van der Waals surface area contributed by atoms with Crippen LogP contribution in [0, 0.1) is 11.3 Å². The van der Waals surface area contributed by atoms with E-state index in [2.05, 4.69) is 4.98 Å². The number of para-hydroxylation sites is 2. The predicted molar refractivity (Wildman–Crippen MR) is 44.6 cm³/mol. The minimum Gasteiger partial charge on any atom is -0.437 e. The average molecular weight is 174 g/mol. The highest BCUT2D eigenvalue weighted by atomic mass is 16.4. The van der Waals surface area contributed by atoms with Crippen LogP contribution < -0.4 is 0 Å². The van der Waals surface area contributed by atoms with Crippen LogP contribution >= 0.6 is 0 Å². The average Bonchev–Trinajstić information content (AvgIpc) is 2.59. The number of nitriles is 1. The molecule has 1 atom stereocenters. The summed E-state index contributed by atoms with van der Waals surface area (Å²) < 4.78 is 5.14. The SMILES string of the molecule is N#CC(O)c1nc2ccccc2o1. The van der Waals surface area contributed by atoms with Gasteiger partial charge in [0.1, 0.15) is 11.6 Å². The Morgan fingerprint density at radius 1 is 1.46 bits per heavy atom. The highest BCUT2D eigenvalue weighted by molar-refractivity contribution is 5.72. The Bertz CT molecular complexity index is 437. The van der Waals surface area contributed by atoms with Gasteiger partial charge in [0.2, 0.25) is 12.0 Å². The Hall–Kier alpha value is -1.86. The number of hydrogen-bond acceptors (Lipinski definition) is 4. The van der Waals surface area contributed by atoms with Crippen molar-refractivity contribution in [2.75, 3.05) is 0 Å². The normalized spacial score (nSPS) is 12.6. The molecule has 0 saturated heterocycles. The van der Waals surface area contributed by atoms with E-state index in [0.717, 1.165) is 0 Å². The Kier molecular flexibility index (Phi) is 1.72. The van der Waals surface area contributed by atoms with Crippen molar-refractivity contribution in [1.29, 1.82) is 5.26 Å². The molecule has 4 heteroatoms. The molecule has 0 aliphatic rings. The van der Waals surface area contributed by atoms with Crippen LogP contribution in [-0.4, -0.2) is 10.1 Å². The minimum absolute atomic E-state index is 0.0451. The van der Waals surface area contributed by atoms with Crippen LogP contribution in [0.15, 0.2) is 28.7 Å². The molecule has 2 aromatic rings. The number of fused-ring (bicyclic) bond motifs is 1. The van der Waals surface area contributed by atoms with Crippen molar-refractivity contribution in [3.63, 3.8) is 0 Å². The molecule has 0 radical (unpaired) electrons. The van der Waals surface area contributed by atoms with Gasteiger partial charge in [-0.3, -0.25) is 0 Å². The Labute approximate surface area is 74.0 Å². The number of aliphatic hydroxyl groups is 1. The Morgan fingerprint density at radius 2 is 2.23 bits per heavy atom. The molecular formula is C9H6N2O2. The van der Waals surface area contributed by atoms with Gasteiger partial charge in [0.15, 0.2) is 5.58 Å². The van der Waals surface area contributed by atoms with Crippen molar-refractivity contribution in [1.82, 2.24) is 4.98 Å². The first-order valence-electron chi connectivity index (χ1n) is 3.74. The van der Waals surface area contributed by atoms with E-state index in [-0.39, 0.29) is 5.89 Å². The van der Waals surface area contributed by atoms with Gasteiger partial charge in [0.05, 0.1) is 0 Å². The van der Waals surface area contributed by atoms with Gasteiger partial charge in [-0.1, -0.05) is 12.1 Å². The molecule has 13 heavy (non-hydrogen) atoms. The Morgan fingerprint density at radius 3 is 2.92 bits per heavy atom. The van der Waals surface area contributed by atoms with Gasteiger partial charge in [-0.25, -0.2) is 4.98 Å². The second kappa shape index (κ2) is 2.88. The van der Waals surface area contributed by atoms with Crippen molar-refractivity contribution >= 4 is 11.1 Å². The summed E-state index contributed by atoms with van der Waals surface area (Å²) in [6, 6.07) is 8.74. The first-order valence-corrected chi connectivity index (χ1v) is 3.74. The number of benzene rings is 1. The van der Waals surface area contributed by atoms with Gasteiger partial charge in [-0.2, -0.15) is 5.26 Å². The highest BCUT2D eigenvalue weighted by Gasteiger charge is 2.13. The second-order valence-corrected chi connectivity index (χ2v) is 2.55. The summed E-state index contributed by atoms with van der Waals surface area (Å²) in [5, 5.41) is 17.5. The lowest BCUT2D eigenvalue weighted by atomic mass is 10.3. The second-order valence-electron chi connectivity index (χ2n) is 2.55. The van der Waals surface area contributed by atoms with Gasteiger partial charge in [0, 0.05) is 0 Å². The number of rotatable bonds is 1. The summed E-state index contributed by atoms with van der Waals surface area (Å²) in [4.78, 5) is 3.94. The Balaban J connectivity index is 2.57. The molecule has 4 nitrogen and oxygen atoms in total. The lowest BCUT2D eigenvalue weighted by Crippen LogP contribution is -1.91. The van der Waals surface area contributed by atoms with Crippen LogP contribution in [0.5, 0.6) is 0 Å². The van der Waals surface area contributed by atoms with Gasteiger partial charge < -0.3 is 9.52 Å². The fourth-order valence-corrected chi connectivity index (χ4v) is 1.06. The number of aliphatic hydroxyl groups excluding tert-OH is 1.